The van der Waals surface area contributed by atoms with E-state index in [1.807, 2.05) is 0 Å². The van der Waals surface area contributed by atoms with Crippen LogP contribution in [0.2, 0.25) is 0 Å². The zero-order valence-electron chi connectivity index (χ0n) is 24.5. The molecule has 0 N–H and O–H groups in total. The maximum absolute atomic E-state index is 4.39. The SMILES string of the molecule is C=C1/C=C\C=C/CN(C(C/C=C(\C)c2ccccccc(-c3ccccc3)c3ccccc23)C2CC2)c2ccccc21. The van der Waals surface area contributed by atoms with Gasteiger partial charge in [-0.2, -0.15) is 0 Å². The van der Waals surface area contributed by atoms with Gasteiger partial charge in [0.2, 0.25) is 0 Å². The second-order valence-electron chi connectivity index (χ2n) is 11.4. The summed E-state index contributed by atoms with van der Waals surface area (Å²) in [7, 11) is 0. The van der Waals surface area contributed by atoms with Crippen LogP contribution in [-0.4, -0.2) is 12.6 Å². The van der Waals surface area contributed by atoms with Crippen LogP contribution in [0.3, 0.4) is 0 Å². The molecule has 1 heteroatoms. The zero-order chi connectivity index (χ0) is 28.7. The van der Waals surface area contributed by atoms with Crippen LogP contribution in [0.1, 0.15) is 37.3 Å². The fourth-order valence-electron chi connectivity index (χ4n) is 6.16. The lowest BCUT2D eigenvalue weighted by Gasteiger charge is -2.34. The Labute approximate surface area is 251 Å². The molecule has 1 nitrogen and oxygen atoms in total. The Balaban J connectivity index is 1.43. The average molecular weight is 546 g/mol. The van der Waals surface area contributed by atoms with Crippen LogP contribution in [-0.2, 0) is 0 Å². The fraction of sp³-hybridized carbons (Fsp3) is 0.171. The Morgan fingerprint density at radius 1 is 0.762 bits per heavy atom. The number of anilines is 1. The van der Waals surface area contributed by atoms with Gasteiger partial charge in [-0.05, 0) is 76.8 Å². The number of allylic oxidation sites excluding steroid dienone is 5. The van der Waals surface area contributed by atoms with Crippen LogP contribution in [0, 0.1) is 5.92 Å². The van der Waals surface area contributed by atoms with Gasteiger partial charge in [-0.3, -0.25) is 0 Å². The van der Waals surface area contributed by atoms with Crippen molar-refractivity contribution < 1.29 is 0 Å². The van der Waals surface area contributed by atoms with Gasteiger partial charge < -0.3 is 4.90 Å². The smallest absolute Gasteiger partial charge is 0.0451 e. The minimum absolute atomic E-state index is 0.435. The highest BCUT2D eigenvalue weighted by molar-refractivity contribution is 6.00. The summed E-state index contributed by atoms with van der Waals surface area (Å²) in [5, 5.41) is 2.52. The lowest BCUT2D eigenvalue weighted by atomic mass is 9.94. The predicted octanol–water partition coefficient (Wildman–Crippen LogP) is 10.8. The summed E-state index contributed by atoms with van der Waals surface area (Å²) in [5.41, 5.74) is 8.63. The Kier molecular flexibility index (Phi) is 8.47. The highest BCUT2D eigenvalue weighted by Gasteiger charge is 2.35. The molecule has 1 aliphatic carbocycles. The third kappa shape index (κ3) is 6.16. The van der Waals surface area contributed by atoms with Crippen molar-refractivity contribution in [1.82, 2.24) is 0 Å². The van der Waals surface area contributed by atoms with E-state index in [0.29, 0.717) is 12.0 Å². The summed E-state index contributed by atoms with van der Waals surface area (Å²) in [6.07, 6.45) is 14.8. The van der Waals surface area contributed by atoms with Crippen LogP contribution in [0.4, 0.5) is 5.69 Å². The van der Waals surface area contributed by atoms with Crippen molar-refractivity contribution in [3.05, 3.63) is 163 Å². The minimum Gasteiger partial charge on any atom is -0.364 e. The van der Waals surface area contributed by atoms with E-state index in [1.54, 1.807) is 0 Å². The van der Waals surface area contributed by atoms with Gasteiger partial charge in [0.25, 0.3) is 0 Å². The van der Waals surface area contributed by atoms with E-state index in [4.69, 9.17) is 0 Å². The molecule has 6 rings (SSSR count). The van der Waals surface area contributed by atoms with Gasteiger partial charge >= 0.3 is 0 Å². The lowest BCUT2D eigenvalue weighted by molar-refractivity contribution is 0.553. The maximum atomic E-state index is 4.39. The van der Waals surface area contributed by atoms with Crippen molar-refractivity contribution in [2.24, 2.45) is 5.92 Å². The van der Waals surface area contributed by atoms with Crippen LogP contribution in [0.15, 0.2) is 152 Å². The Bertz CT molecular complexity index is 1720. The first-order valence-electron chi connectivity index (χ1n) is 15.2. The summed E-state index contributed by atoms with van der Waals surface area (Å²) in [4.78, 5) is 2.63. The lowest BCUT2D eigenvalue weighted by Crippen LogP contribution is -2.37. The predicted molar refractivity (Wildman–Crippen MR) is 183 cm³/mol. The third-order valence-corrected chi connectivity index (χ3v) is 8.51. The maximum Gasteiger partial charge on any atom is 0.0451 e. The summed E-state index contributed by atoms with van der Waals surface area (Å²) in [6, 6.07) is 41.8. The second-order valence-corrected chi connectivity index (χ2v) is 11.4. The number of rotatable bonds is 6. The van der Waals surface area contributed by atoms with Crippen molar-refractivity contribution in [1.29, 1.82) is 0 Å². The molecule has 0 spiro atoms. The fourth-order valence-corrected chi connectivity index (χ4v) is 6.16. The van der Waals surface area contributed by atoms with Crippen LogP contribution in [0.5, 0.6) is 0 Å². The number of nitrogens with zero attached hydrogens (tertiary/aromatic N) is 1. The highest BCUT2D eigenvalue weighted by atomic mass is 15.2. The van der Waals surface area contributed by atoms with Gasteiger partial charge in [0.05, 0.1) is 0 Å². The Morgan fingerprint density at radius 3 is 2.21 bits per heavy atom. The van der Waals surface area contributed by atoms with Crippen molar-refractivity contribution in [3.63, 3.8) is 0 Å². The normalized spacial score (nSPS) is 17.3. The third-order valence-electron chi connectivity index (χ3n) is 8.51. The van der Waals surface area contributed by atoms with E-state index >= 15 is 0 Å². The van der Waals surface area contributed by atoms with E-state index in [9.17, 15) is 0 Å². The van der Waals surface area contributed by atoms with Gasteiger partial charge in [0.1, 0.15) is 0 Å². The largest absolute Gasteiger partial charge is 0.364 e. The van der Waals surface area contributed by atoms with Gasteiger partial charge in [-0.1, -0.05) is 146 Å². The summed E-state index contributed by atoms with van der Waals surface area (Å²) in [6.45, 7) is 7.57. The van der Waals surface area contributed by atoms with Gasteiger partial charge in [-0.25, -0.2) is 0 Å². The average Bonchev–Trinajstić information content (AvgIpc) is 3.87. The molecule has 42 heavy (non-hydrogen) atoms. The monoisotopic (exact) mass is 545 g/mol. The van der Waals surface area contributed by atoms with E-state index in [2.05, 4.69) is 164 Å². The first kappa shape index (κ1) is 27.5. The molecule has 0 radical (unpaired) electrons. The topological polar surface area (TPSA) is 3.24 Å². The summed E-state index contributed by atoms with van der Waals surface area (Å²) < 4.78 is 0. The van der Waals surface area contributed by atoms with Crippen molar-refractivity contribution in [2.75, 3.05) is 11.4 Å². The van der Waals surface area contributed by atoms with Crippen molar-refractivity contribution >= 4 is 27.6 Å². The van der Waals surface area contributed by atoms with Crippen LogP contribution >= 0.6 is 0 Å². The molecular weight excluding hydrogens is 506 g/mol. The van der Waals surface area contributed by atoms with Crippen molar-refractivity contribution in [2.45, 2.75) is 32.2 Å². The molecule has 1 atom stereocenters. The molecule has 4 aromatic rings. The molecule has 1 fully saturated rings. The molecule has 1 unspecified atom stereocenters. The first-order chi connectivity index (χ1) is 20.7. The van der Waals surface area contributed by atoms with Gasteiger partial charge in [-0.15, -0.1) is 0 Å². The molecule has 0 aromatic heterocycles. The van der Waals surface area contributed by atoms with E-state index in [0.717, 1.165) is 18.5 Å². The van der Waals surface area contributed by atoms with Gasteiger partial charge in [0, 0.05) is 23.8 Å². The minimum atomic E-state index is 0.435. The van der Waals surface area contributed by atoms with E-state index in [1.165, 1.54) is 57.1 Å². The molecule has 1 aliphatic heterocycles. The molecule has 1 saturated carbocycles. The number of hydrogen-bond acceptors (Lipinski definition) is 1. The van der Waals surface area contributed by atoms with Crippen molar-refractivity contribution in [3.8, 4) is 11.1 Å². The first-order valence-corrected chi connectivity index (χ1v) is 15.2. The standard InChI is InChI=1S/C41H39N/c1-31-17-7-6-16-30-42(41-25-15-14-21-36(31)41)40(34-27-28-34)29-26-32(2)35-20-10-3-4-11-22-37(33-18-8-5-9-19-33)39-24-13-12-23-38(35)39/h3-26,34,40H,1,27-30H2,2H3/b4-3?,10-3?,11-4?,16-6-,17-7-,20-10?,22-11?,32-26+,35-20?,37-22?,38-35?,39-37?. The molecule has 208 valence electrons. The highest BCUT2D eigenvalue weighted by Crippen LogP contribution is 2.41. The number of fused-ring (bicyclic) bond motifs is 2. The van der Waals surface area contributed by atoms with Crippen LogP contribution < -0.4 is 4.90 Å². The molecule has 0 amide bonds. The molecular formula is C41H39N. The molecule has 0 bridgehead atoms. The molecule has 4 aromatic carbocycles. The van der Waals surface area contributed by atoms with Gasteiger partial charge in [0.15, 0.2) is 0 Å². The Morgan fingerprint density at radius 2 is 1.40 bits per heavy atom. The number of para-hydroxylation sites is 1. The molecule has 2 aliphatic rings. The second kappa shape index (κ2) is 12.9. The summed E-state index contributed by atoms with van der Waals surface area (Å²) in [5.74, 6) is 0.709. The number of benzene rings is 3. The summed E-state index contributed by atoms with van der Waals surface area (Å²) >= 11 is 0. The van der Waals surface area contributed by atoms with E-state index in [-0.39, 0.29) is 0 Å². The molecule has 0 saturated heterocycles. The number of hydrogen-bond donors (Lipinski definition) is 0. The zero-order valence-corrected chi connectivity index (χ0v) is 24.5. The molecule has 1 heterocycles. The van der Waals surface area contributed by atoms with E-state index < -0.39 is 0 Å². The quantitative estimate of drug-likeness (QED) is 0.233. The Hall–Kier alpha value is -4.62. The van der Waals surface area contributed by atoms with Crippen LogP contribution in [0.25, 0.3) is 33.0 Å².